The van der Waals surface area contributed by atoms with Crippen LogP contribution in [-0.2, 0) is 4.79 Å². The lowest BCUT2D eigenvalue weighted by Crippen LogP contribution is -2.39. The smallest absolute Gasteiger partial charge is 0.292 e. The summed E-state index contributed by atoms with van der Waals surface area (Å²) in [6, 6.07) is 6.82. The number of rotatable bonds is 5. The molecule has 0 radical (unpaired) electrons. The second-order valence-corrected chi connectivity index (χ2v) is 5.32. The summed E-state index contributed by atoms with van der Waals surface area (Å²) in [4.78, 5) is 26.6. The van der Waals surface area contributed by atoms with Gasteiger partial charge in [0.1, 0.15) is 5.69 Å². The summed E-state index contributed by atoms with van der Waals surface area (Å²) in [5.41, 5.74) is 0.798. The summed E-state index contributed by atoms with van der Waals surface area (Å²) in [5, 5.41) is 13.9. The van der Waals surface area contributed by atoms with Crippen molar-refractivity contribution in [2.24, 2.45) is 0 Å². The van der Waals surface area contributed by atoms with Gasteiger partial charge in [-0.05, 0) is 19.4 Å². The fraction of sp³-hybridized carbons (Fsp3) is 0.533. The van der Waals surface area contributed by atoms with Gasteiger partial charge in [-0.1, -0.05) is 12.1 Å². The summed E-state index contributed by atoms with van der Waals surface area (Å²) in [7, 11) is 0. The Morgan fingerprint density at radius 2 is 2.05 bits per heavy atom. The molecule has 1 aromatic carbocycles. The topological polar surface area (TPSA) is 78.7 Å². The van der Waals surface area contributed by atoms with Crippen LogP contribution >= 0.6 is 0 Å². The first-order valence-electron chi connectivity index (χ1n) is 7.59. The number of carbonyl (C=O) groups is 1. The quantitative estimate of drug-likeness (QED) is 0.654. The zero-order valence-electron chi connectivity index (χ0n) is 12.8. The van der Waals surface area contributed by atoms with E-state index < -0.39 is 0 Å². The van der Waals surface area contributed by atoms with Crippen molar-refractivity contribution in [3.8, 4) is 0 Å². The fourth-order valence-electron chi connectivity index (χ4n) is 2.71. The second-order valence-electron chi connectivity index (χ2n) is 5.32. The van der Waals surface area contributed by atoms with Crippen LogP contribution in [0.15, 0.2) is 24.3 Å². The van der Waals surface area contributed by atoms with Crippen LogP contribution in [0.4, 0.5) is 11.4 Å². The molecule has 1 aliphatic heterocycles. The Morgan fingerprint density at radius 3 is 2.77 bits per heavy atom. The van der Waals surface area contributed by atoms with Gasteiger partial charge >= 0.3 is 0 Å². The molecule has 1 fully saturated rings. The Morgan fingerprint density at radius 1 is 1.27 bits per heavy atom. The minimum Gasteiger partial charge on any atom is -0.365 e. The number of nitro benzene ring substituents is 1. The lowest BCUT2D eigenvalue weighted by atomic mass is 10.2. The molecule has 0 saturated carbocycles. The second kappa shape index (κ2) is 7.74. The molecule has 1 aliphatic rings. The minimum atomic E-state index is -0.341. The van der Waals surface area contributed by atoms with Gasteiger partial charge in [0.2, 0.25) is 5.91 Å². The highest BCUT2D eigenvalue weighted by Gasteiger charge is 2.22. The van der Waals surface area contributed by atoms with Crippen molar-refractivity contribution in [1.82, 2.24) is 10.2 Å². The van der Waals surface area contributed by atoms with E-state index in [0.29, 0.717) is 25.3 Å². The zero-order valence-corrected chi connectivity index (χ0v) is 12.8. The van der Waals surface area contributed by atoms with E-state index in [9.17, 15) is 14.9 Å². The lowest BCUT2D eigenvalue weighted by molar-refractivity contribution is -0.384. The first-order valence-corrected chi connectivity index (χ1v) is 7.59. The molecule has 1 aromatic rings. The fourth-order valence-corrected chi connectivity index (χ4v) is 2.71. The molecule has 1 amide bonds. The number of hydrogen-bond acceptors (Lipinski definition) is 5. The molecular weight excluding hydrogens is 284 g/mol. The van der Waals surface area contributed by atoms with Gasteiger partial charge in [0, 0.05) is 38.8 Å². The highest BCUT2D eigenvalue weighted by molar-refractivity contribution is 5.77. The van der Waals surface area contributed by atoms with Crippen molar-refractivity contribution in [2.45, 2.75) is 13.3 Å². The summed E-state index contributed by atoms with van der Waals surface area (Å²) < 4.78 is 0. The number of anilines is 1. The maximum Gasteiger partial charge on any atom is 0.292 e. The molecule has 0 unspecified atom stereocenters. The van der Waals surface area contributed by atoms with Crippen LogP contribution in [0.3, 0.4) is 0 Å². The molecule has 7 heteroatoms. The molecule has 2 rings (SSSR count). The Kier molecular flexibility index (Phi) is 5.71. The highest BCUT2D eigenvalue weighted by Crippen LogP contribution is 2.28. The number of para-hydroxylation sites is 2. The molecule has 0 atom stereocenters. The summed E-state index contributed by atoms with van der Waals surface area (Å²) in [5.74, 6) is 0.0293. The van der Waals surface area contributed by atoms with Crippen molar-refractivity contribution in [1.29, 1.82) is 0 Å². The van der Waals surface area contributed by atoms with Crippen LogP contribution in [-0.4, -0.2) is 55.0 Å². The third-order valence-corrected chi connectivity index (χ3v) is 3.75. The van der Waals surface area contributed by atoms with E-state index in [-0.39, 0.29) is 16.5 Å². The predicted octanol–water partition coefficient (Wildman–Crippen LogP) is 1.24. The normalized spacial score (nSPS) is 16.1. The lowest BCUT2D eigenvalue weighted by Gasteiger charge is -2.23. The minimum absolute atomic E-state index is 0.0293. The molecule has 1 heterocycles. The van der Waals surface area contributed by atoms with Gasteiger partial charge in [-0.3, -0.25) is 19.8 Å². The molecule has 0 aliphatic carbocycles. The van der Waals surface area contributed by atoms with Gasteiger partial charge in [0.05, 0.1) is 11.5 Å². The van der Waals surface area contributed by atoms with Crippen LogP contribution < -0.4 is 10.2 Å². The first kappa shape index (κ1) is 16.2. The van der Waals surface area contributed by atoms with Gasteiger partial charge in [-0.25, -0.2) is 0 Å². The summed E-state index contributed by atoms with van der Waals surface area (Å²) in [6.45, 7) is 5.92. The number of amides is 1. The Labute approximate surface area is 130 Å². The zero-order chi connectivity index (χ0) is 15.9. The number of nitro groups is 1. The molecule has 1 saturated heterocycles. The maximum atomic E-state index is 11.7. The Hall–Kier alpha value is -2.15. The molecule has 0 aromatic heterocycles. The van der Waals surface area contributed by atoms with Gasteiger partial charge in [-0.2, -0.15) is 0 Å². The number of nitrogens with zero attached hydrogens (tertiary/aromatic N) is 3. The van der Waals surface area contributed by atoms with Crippen LogP contribution in [0.2, 0.25) is 0 Å². The highest BCUT2D eigenvalue weighted by atomic mass is 16.6. The predicted molar refractivity (Wildman–Crippen MR) is 85.1 cm³/mol. The maximum absolute atomic E-state index is 11.7. The third-order valence-electron chi connectivity index (χ3n) is 3.75. The van der Waals surface area contributed by atoms with Crippen molar-refractivity contribution < 1.29 is 9.72 Å². The van der Waals surface area contributed by atoms with Gasteiger partial charge in [0.25, 0.3) is 5.69 Å². The standard InChI is InChI=1S/C15H22N4O3/c1-2-16-15(20)12-17-8-5-9-18(11-10-17)13-6-3-4-7-14(13)19(21)22/h3-4,6-7H,2,5,8-12H2,1H3,(H,16,20). The van der Waals surface area contributed by atoms with Crippen molar-refractivity contribution >= 4 is 17.3 Å². The Bertz CT molecular complexity index is 535. The van der Waals surface area contributed by atoms with E-state index in [1.807, 2.05) is 17.9 Å². The molecule has 120 valence electrons. The van der Waals surface area contributed by atoms with Gasteiger partial charge < -0.3 is 10.2 Å². The number of hydrogen-bond donors (Lipinski definition) is 1. The van der Waals surface area contributed by atoms with E-state index in [1.54, 1.807) is 12.1 Å². The molecule has 0 spiro atoms. The average Bonchev–Trinajstić information content (AvgIpc) is 2.73. The number of benzene rings is 1. The monoisotopic (exact) mass is 306 g/mol. The largest absolute Gasteiger partial charge is 0.365 e. The molecular formula is C15H22N4O3. The van der Waals surface area contributed by atoms with Crippen molar-refractivity contribution in [2.75, 3.05) is 44.2 Å². The van der Waals surface area contributed by atoms with Gasteiger partial charge in [-0.15, -0.1) is 0 Å². The van der Waals surface area contributed by atoms with Crippen LogP contribution in [0, 0.1) is 10.1 Å². The molecule has 7 nitrogen and oxygen atoms in total. The molecule has 1 N–H and O–H groups in total. The molecule has 22 heavy (non-hydrogen) atoms. The number of carbonyl (C=O) groups excluding carboxylic acids is 1. The van der Waals surface area contributed by atoms with Crippen LogP contribution in [0.1, 0.15) is 13.3 Å². The van der Waals surface area contributed by atoms with E-state index in [4.69, 9.17) is 0 Å². The number of nitrogens with one attached hydrogen (secondary N) is 1. The SMILES string of the molecule is CCNC(=O)CN1CCCN(c2ccccc2[N+](=O)[O-])CC1. The summed E-state index contributed by atoms with van der Waals surface area (Å²) in [6.07, 6.45) is 0.880. The van der Waals surface area contributed by atoms with Crippen molar-refractivity contribution in [3.63, 3.8) is 0 Å². The third kappa shape index (κ3) is 4.17. The van der Waals surface area contributed by atoms with E-state index >= 15 is 0 Å². The average molecular weight is 306 g/mol. The van der Waals surface area contributed by atoms with Crippen LogP contribution in [0.25, 0.3) is 0 Å². The van der Waals surface area contributed by atoms with Crippen LogP contribution in [0.5, 0.6) is 0 Å². The first-order chi connectivity index (χ1) is 10.6. The van der Waals surface area contributed by atoms with E-state index in [0.717, 1.165) is 26.1 Å². The van der Waals surface area contributed by atoms with E-state index in [1.165, 1.54) is 6.07 Å². The van der Waals surface area contributed by atoms with Crippen molar-refractivity contribution in [3.05, 3.63) is 34.4 Å². The number of likely N-dealkylation sites (N-methyl/N-ethyl adjacent to an activating group) is 1. The Balaban J connectivity index is 2.01. The molecule has 0 bridgehead atoms. The summed E-state index contributed by atoms with van der Waals surface area (Å²) >= 11 is 0. The van der Waals surface area contributed by atoms with E-state index in [2.05, 4.69) is 10.2 Å². The van der Waals surface area contributed by atoms with Gasteiger partial charge in [0.15, 0.2) is 0 Å².